The Bertz CT molecular complexity index is 779. The highest BCUT2D eigenvalue weighted by Crippen LogP contribution is 2.21. The van der Waals surface area contributed by atoms with Crippen LogP contribution >= 0.6 is 0 Å². The van der Waals surface area contributed by atoms with E-state index in [0.29, 0.717) is 12.1 Å². The van der Waals surface area contributed by atoms with Crippen LogP contribution in [-0.2, 0) is 11.3 Å². The summed E-state index contributed by atoms with van der Waals surface area (Å²) in [7, 11) is 0. The van der Waals surface area contributed by atoms with Crippen molar-refractivity contribution in [3.05, 3.63) is 39.3 Å². The Morgan fingerprint density at radius 2 is 2.04 bits per heavy atom. The number of nitrogens with zero attached hydrogens (tertiary/aromatic N) is 5. The summed E-state index contributed by atoms with van der Waals surface area (Å²) in [6.45, 7) is 10.1. The fraction of sp³-hybridized carbons (Fsp3) is 0.562. The van der Waals surface area contributed by atoms with Crippen molar-refractivity contribution >= 4 is 11.7 Å². The zero-order chi connectivity index (χ0) is 18.7. The lowest BCUT2D eigenvalue weighted by Gasteiger charge is -2.18. The number of hydrogen-bond donors (Lipinski definition) is 1. The molecule has 2 heterocycles. The van der Waals surface area contributed by atoms with Gasteiger partial charge in [0.25, 0.3) is 0 Å². The van der Waals surface area contributed by atoms with Gasteiger partial charge in [-0.3, -0.25) is 9.48 Å². The molecular weight excluding hydrogens is 324 g/mol. The molecule has 25 heavy (non-hydrogen) atoms. The van der Waals surface area contributed by atoms with Crippen LogP contribution in [0, 0.1) is 24.0 Å². The summed E-state index contributed by atoms with van der Waals surface area (Å²) in [5, 5.41) is 22.2. The molecule has 0 aliphatic heterocycles. The van der Waals surface area contributed by atoms with E-state index in [0.717, 1.165) is 17.8 Å². The van der Waals surface area contributed by atoms with Gasteiger partial charge in [0, 0.05) is 18.3 Å². The molecule has 9 heteroatoms. The Kier molecular flexibility index (Phi) is 5.55. The molecular formula is C16H24N6O3. The van der Waals surface area contributed by atoms with Gasteiger partial charge < -0.3 is 15.4 Å². The molecule has 136 valence electrons. The fourth-order valence-electron chi connectivity index (χ4n) is 2.85. The number of aryl methyl sites for hydroxylation is 3. The lowest BCUT2D eigenvalue weighted by molar-refractivity contribution is -0.389. The van der Waals surface area contributed by atoms with E-state index in [-0.39, 0.29) is 17.8 Å². The normalized spacial score (nSPS) is 13.5. The maximum Gasteiger partial charge on any atom is 0.390 e. The minimum Gasteiger partial charge on any atom is -0.358 e. The van der Waals surface area contributed by atoms with E-state index in [9.17, 15) is 14.9 Å². The highest BCUT2D eigenvalue weighted by atomic mass is 16.6. The van der Waals surface area contributed by atoms with E-state index in [1.54, 1.807) is 6.92 Å². The first kappa shape index (κ1) is 18.6. The molecule has 2 aromatic heterocycles. The van der Waals surface area contributed by atoms with Gasteiger partial charge in [0.05, 0.1) is 28.6 Å². The first-order chi connectivity index (χ1) is 11.8. The average Bonchev–Trinajstić information content (AvgIpc) is 3.11. The molecule has 2 unspecified atom stereocenters. The van der Waals surface area contributed by atoms with Crippen molar-refractivity contribution in [3.63, 3.8) is 0 Å². The molecule has 0 radical (unpaired) electrons. The van der Waals surface area contributed by atoms with Crippen molar-refractivity contribution in [2.24, 2.45) is 0 Å². The van der Waals surface area contributed by atoms with Crippen molar-refractivity contribution in [3.8, 4) is 0 Å². The SMILES string of the molecule is CCC(C(=O)NC(C)c1cn(CC)nc1C)n1nc([N+](=O)[O-])cc1C. The Hall–Kier alpha value is -2.71. The number of hydrogen-bond acceptors (Lipinski definition) is 5. The number of nitro groups is 1. The highest BCUT2D eigenvalue weighted by Gasteiger charge is 2.28. The van der Waals surface area contributed by atoms with Crippen LogP contribution in [0.1, 0.15) is 56.2 Å². The number of rotatable bonds is 7. The fourth-order valence-corrected chi connectivity index (χ4v) is 2.85. The summed E-state index contributed by atoms with van der Waals surface area (Å²) in [5.74, 6) is -0.475. The molecule has 0 saturated heterocycles. The number of amides is 1. The molecule has 2 rings (SSSR count). The third kappa shape index (κ3) is 3.86. The summed E-state index contributed by atoms with van der Waals surface area (Å²) < 4.78 is 3.24. The number of carbonyl (C=O) groups is 1. The second kappa shape index (κ2) is 7.45. The second-order valence-corrected chi connectivity index (χ2v) is 6.03. The van der Waals surface area contributed by atoms with E-state index >= 15 is 0 Å². The predicted octanol–water partition coefficient (Wildman–Crippen LogP) is 2.45. The van der Waals surface area contributed by atoms with Gasteiger partial charge in [0.1, 0.15) is 0 Å². The van der Waals surface area contributed by atoms with Gasteiger partial charge in [-0.05, 0) is 39.0 Å². The largest absolute Gasteiger partial charge is 0.390 e. The monoisotopic (exact) mass is 348 g/mol. The lowest BCUT2D eigenvalue weighted by atomic mass is 10.1. The molecule has 0 aromatic carbocycles. The summed E-state index contributed by atoms with van der Waals surface area (Å²) >= 11 is 0. The topological polar surface area (TPSA) is 108 Å². The van der Waals surface area contributed by atoms with Crippen molar-refractivity contribution in [2.45, 2.75) is 59.7 Å². The molecule has 9 nitrogen and oxygen atoms in total. The van der Waals surface area contributed by atoms with Gasteiger partial charge in [-0.15, -0.1) is 0 Å². The average molecular weight is 348 g/mol. The lowest BCUT2D eigenvalue weighted by Crippen LogP contribution is -2.35. The van der Waals surface area contributed by atoms with Crippen LogP contribution in [0.25, 0.3) is 0 Å². The van der Waals surface area contributed by atoms with Crippen LogP contribution in [0.3, 0.4) is 0 Å². The van der Waals surface area contributed by atoms with Crippen LogP contribution < -0.4 is 5.32 Å². The van der Waals surface area contributed by atoms with Crippen molar-refractivity contribution < 1.29 is 9.72 Å². The number of nitrogens with one attached hydrogen (secondary N) is 1. The number of aromatic nitrogens is 4. The molecule has 0 saturated carbocycles. The van der Waals surface area contributed by atoms with Gasteiger partial charge in [0.2, 0.25) is 5.91 Å². The zero-order valence-electron chi connectivity index (χ0n) is 15.2. The van der Waals surface area contributed by atoms with Crippen LogP contribution in [0.4, 0.5) is 5.82 Å². The number of carbonyl (C=O) groups excluding carboxylic acids is 1. The van der Waals surface area contributed by atoms with Gasteiger partial charge >= 0.3 is 5.82 Å². The third-order valence-electron chi connectivity index (χ3n) is 4.21. The second-order valence-electron chi connectivity index (χ2n) is 6.03. The Balaban J connectivity index is 2.19. The molecule has 1 amide bonds. The summed E-state index contributed by atoms with van der Waals surface area (Å²) in [4.78, 5) is 23.1. The van der Waals surface area contributed by atoms with Crippen molar-refractivity contribution in [1.29, 1.82) is 0 Å². The molecule has 0 spiro atoms. The Morgan fingerprint density at radius 3 is 2.52 bits per heavy atom. The molecule has 0 aliphatic carbocycles. The Labute approximate surface area is 146 Å². The molecule has 0 bridgehead atoms. The Morgan fingerprint density at radius 1 is 1.36 bits per heavy atom. The molecule has 2 aromatic rings. The summed E-state index contributed by atoms with van der Waals surface area (Å²) in [5.41, 5.74) is 2.40. The van der Waals surface area contributed by atoms with Crippen molar-refractivity contribution in [1.82, 2.24) is 24.9 Å². The molecule has 2 atom stereocenters. The van der Waals surface area contributed by atoms with Crippen LogP contribution in [0.2, 0.25) is 0 Å². The van der Waals surface area contributed by atoms with Crippen molar-refractivity contribution in [2.75, 3.05) is 0 Å². The van der Waals surface area contributed by atoms with Gasteiger partial charge in [-0.2, -0.15) is 9.78 Å². The summed E-state index contributed by atoms with van der Waals surface area (Å²) in [6, 6.07) is 0.555. The first-order valence-corrected chi connectivity index (χ1v) is 8.33. The minimum absolute atomic E-state index is 0.215. The predicted molar refractivity (Wildman–Crippen MR) is 92.1 cm³/mol. The van der Waals surface area contributed by atoms with E-state index < -0.39 is 11.0 Å². The van der Waals surface area contributed by atoms with E-state index in [1.807, 2.05) is 38.6 Å². The standard InChI is InChI=1S/C16H24N6O3/c1-6-14(21-10(3)8-15(19-21)22(24)25)16(23)17-11(4)13-9-20(7-2)18-12(13)5/h8-9,11,14H,6-7H2,1-5H3,(H,17,23). The third-order valence-corrected chi connectivity index (χ3v) is 4.21. The minimum atomic E-state index is -0.599. The maximum absolute atomic E-state index is 12.7. The van der Waals surface area contributed by atoms with Gasteiger partial charge in [-0.25, -0.2) is 0 Å². The summed E-state index contributed by atoms with van der Waals surface area (Å²) in [6.07, 6.45) is 2.40. The van der Waals surface area contributed by atoms with Gasteiger partial charge in [0.15, 0.2) is 6.04 Å². The molecule has 1 N–H and O–H groups in total. The molecule has 0 fully saturated rings. The van der Waals surface area contributed by atoms with Crippen LogP contribution in [-0.4, -0.2) is 30.4 Å². The van der Waals surface area contributed by atoms with E-state index in [4.69, 9.17) is 0 Å². The first-order valence-electron chi connectivity index (χ1n) is 8.33. The van der Waals surface area contributed by atoms with E-state index in [2.05, 4.69) is 15.5 Å². The highest BCUT2D eigenvalue weighted by molar-refractivity contribution is 5.80. The van der Waals surface area contributed by atoms with Crippen LogP contribution in [0.15, 0.2) is 12.3 Å². The zero-order valence-corrected chi connectivity index (χ0v) is 15.2. The van der Waals surface area contributed by atoms with Gasteiger partial charge in [-0.1, -0.05) is 6.92 Å². The molecule has 0 aliphatic rings. The van der Waals surface area contributed by atoms with E-state index in [1.165, 1.54) is 10.7 Å². The quantitative estimate of drug-likeness (QED) is 0.611. The smallest absolute Gasteiger partial charge is 0.358 e. The van der Waals surface area contributed by atoms with Crippen LogP contribution in [0.5, 0.6) is 0 Å². The maximum atomic E-state index is 12.7.